The van der Waals surface area contributed by atoms with Crippen LogP contribution >= 0.6 is 11.3 Å². The lowest BCUT2D eigenvalue weighted by atomic mass is 10.1. The Kier molecular flexibility index (Phi) is 8.28. The number of carbonyl (C=O) groups is 1. The van der Waals surface area contributed by atoms with E-state index in [0.717, 1.165) is 38.6 Å². The topological polar surface area (TPSA) is 60.0 Å². The third-order valence-corrected chi connectivity index (χ3v) is 6.52. The fourth-order valence-electron chi connectivity index (χ4n) is 3.79. The highest BCUT2D eigenvalue weighted by Gasteiger charge is 2.29. The normalized spacial score (nSPS) is 18.1. The van der Waals surface area contributed by atoms with E-state index in [2.05, 4.69) is 64.3 Å². The highest BCUT2D eigenvalue weighted by Crippen LogP contribution is 2.22. The second-order valence-corrected chi connectivity index (χ2v) is 8.95. The molecule has 1 amide bonds. The largest absolute Gasteiger partial charge is 0.356 e. The number of thiophene rings is 1. The molecular formula is C23H33N5OS. The van der Waals surface area contributed by atoms with Crippen LogP contribution in [0, 0.1) is 5.92 Å². The molecule has 1 aliphatic heterocycles. The van der Waals surface area contributed by atoms with Crippen molar-refractivity contribution in [1.82, 2.24) is 20.4 Å². The molecule has 2 aromatic rings. The van der Waals surface area contributed by atoms with E-state index in [1.807, 2.05) is 23.1 Å². The number of rotatable bonds is 9. The number of carbonyl (C=O) groups excluding carboxylic acids is 1. The summed E-state index contributed by atoms with van der Waals surface area (Å²) in [6, 6.07) is 14.9. The quantitative estimate of drug-likeness (QED) is 0.477. The summed E-state index contributed by atoms with van der Waals surface area (Å²) >= 11 is 1.77. The summed E-state index contributed by atoms with van der Waals surface area (Å²) in [6.45, 7) is 3.13. The molecule has 0 radical (unpaired) electrons. The molecule has 0 saturated carbocycles. The first-order valence-corrected chi connectivity index (χ1v) is 11.4. The number of aliphatic imine (C=N–C) groups is 1. The van der Waals surface area contributed by atoms with Gasteiger partial charge < -0.3 is 20.4 Å². The molecule has 6 nitrogen and oxygen atoms in total. The molecule has 0 aliphatic carbocycles. The monoisotopic (exact) mass is 427 g/mol. The van der Waals surface area contributed by atoms with Gasteiger partial charge in [-0.3, -0.25) is 9.79 Å². The van der Waals surface area contributed by atoms with Crippen LogP contribution in [0.2, 0.25) is 0 Å². The lowest BCUT2D eigenvalue weighted by Gasteiger charge is -2.25. The average molecular weight is 428 g/mol. The lowest BCUT2D eigenvalue weighted by Crippen LogP contribution is -2.43. The molecule has 2 unspecified atom stereocenters. The van der Waals surface area contributed by atoms with Crippen LogP contribution in [0.4, 0.5) is 0 Å². The molecule has 30 heavy (non-hydrogen) atoms. The highest BCUT2D eigenvalue weighted by atomic mass is 32.1. The first kappa shape index (κ1) is 22.3. The van der Waals surface area contributed by atoms with Crippen molar-refractivity contribution in [2.75, 3.05) is 47.3 Å². The van der Waals surface area contributed by atoms with Crippen molar-refractivity contribution in [1.29, 1.82) is 0 Å². The first-order valence-electron chi connectivity index (χ1n) is 10.5. The number of nitrogens with one attached hydrogen (secondary N) is 2. The summed E-state index contributed by atoms with van der Waals surface area (Å²) in [6.07, 6.45) is 1.51. The van der Waals surface area contributed by atoms with Gasteiger partial charge in [0.25, 0.3) is 0 Å². The minimum Gasteiger partial charge on any atom is -0.356 e. The Balaban J connectivity index is 1.43. The van der Waals surface area contributed by atoms with E-state index in [1.54, 1.807) is 18.4 Å². The summed E-state index contributed by atoms with van der Waals surface area (Å²) in [5, 5.41) is 8.96. The molecule has 2 atom stereocenters. The zero-order valence-corrected chi connectivity index (χ0v) is 19.0. The van der Waals surface area contributed by atoms with E-state index < -0.39 is 0 Å². The molecule has 0 spiro atoms. The van der Waals surface area contributed by atoms with Gasteiger partial charge in [0.2, 0.25) is 5.91 Å². The lowest BCUT2D eigenvalue weighted by molar-refractivity contribution is -0.127. The molecule has 1 aromatic heterocycles. The Morgan fingerprint density at radius 1 is 1.23 bits per heavy atom. The number of hydrogen-bond donors (Lipinski definition) is 2. The van der Waals surface area contributed by atoms with Crippen molar-refractivity contribution in [3.8, 4) is 0 Å². The van der Waals surface area contributed by atoms with E-state index in [-0.39, 0.29) is 5.91 Å². The van der Waals surface area contributed by atoms with Crippen LogP contribution in [-0.4, -0.2) is 69.0 Å². The van der Waals surface area contributed by atoms with E-state index in [9.17, 15) is 4.79 Å². The van der Waals surface area contributed by atoms with E-state index in [1.165, 1.54) is 10.4 Å². The molecule has 1 aromatic carbocycles. The molecular weight excluding hydrogens is 394 g/mol. The number of amides is 1. The zero-order chi connectivity index (χ0) is 21.3. The minimum atomic E-state index is 0.256. The third kappa shape index (κ3) is 6.31. The van der Waals surface area contributed by atoms with Crippen molar-refractivity contribution in [3.63, 3.8) is 0 Å². The van der Waals surface area contributed by atoms with Crippen molar-refractivity contribution >= 4 is 23.2 Å². The Morgan fingerprint density at radius 2 is 2.03 bits per heavy atom. The smallest absolute Gasteiger partial charge is 0.223 e. The molecule has 7 heteroatoms. The number of hydrogen-bond acceptors (Lipinski definition) is 4. The SMILES string of the molecule is CN=C(NCC1CC(=O)N(CCc2ccccc2)C1)NCC(c1cccs1)N(C)C. The summed E-state index contributed by atoms with van der Waals surface area (Å²) < 4.78 is 0. The van der Waals surface area contributed by atoms with Crippen LogP contribution in [0.15, 0.2) is 52.8 Å². The number of benzene rings is 1. The van der Waals surface area contributed by atoms with Gasteiger partial charge in [0.1, 0.15) is 0 Å². The Hall–Kier alpha value is -2.38. The maximum atomic E-state index is 12.4. The molecule has 1 saturated heterocycles. The average Bonchev–Trinajstić information content (AvgIpc) is 3.39. The van der Waals surface area contributed by atoms with Crippen LogP contribution in [0.25, 0.3) is 0 Å². The van der Waals surface area contributed by atoms with Gasteiger partial charge in [-0.25, -0.2) is 0 Å². The molecule has 162 valence electrons. The van der Waals surface area contributed by atoms with E-state index >= 15 is 0 Å². The predicted molar refractivity (Wildman–Crippen MR) is 125 cm³/mol. The van der Waals surface area contributed by atoms with Gasteiger partial charge in [0, 0.05) is 50.4 Å². The van der Waals surface area contributed by atoms with Gasteiger partial charge in [0.05, 0.1) is 6.04 Å². The molecule has 1 aliphatic rings. The van der Waals surface area contributed by atoms with Gasteiger partial charge in [-0.2, -0.15) is 0 Å². The molecule has 2 N–H and O–H groups in total. The van der Waals surface area contributed by atoms with Crippen molar-refractivity contribution in [3.05, 3.63) is 58.3 Å². The minimum absolute atomic E-state index is 0.256. The second kappa shape index (κ2) is 11.1. The van der Waals surface area contributed by atoms with Crippen LogP contribution in [-0.2, 0) is 11.2 Å². The summed E-state index contributed by atoms with van der Waals surface area (Å²) in [7, 11) is 5.98. The van der Waals surface area contributed by atoms with Crippen molar-refractivity contribution < 1.29 is 4.79 Å². The number of nitrogens with zero attached hydrogens (tertiary/aromatic N) is 3. The van der Waals surface area contributed by atoms with Crippen molar-refractivity contribution in [2.45, 2.75) is 18.9 Å². The molecule has 1 fully saturated rings. The van der Waals surface area contributed by atoms with Gasteiger partial charge in [-0.1, -0.05) is 36.4 Å². The van der Waals surface area contributed by atoms with E-state index in [4.69, 9.17) is 0 Å². The van der Waals surface area contributed by atoms with Crippen LogP contribution < -0.4 is 10.6 Å². The van der Waals surface area contributed by atoms with Crippen molar-refractivity contribution in [2.24, 2.45) is 10.9 Å². The standard InChI is InChI=1S/C23H33N5OS/c1-24-23(26-16-20(27(2)3)21-10-7-13-30-21)25-15-19-14-22(29)28(17-19)12-11-18-8-5-4-6-9-18/h4-10,13,19-20H,11-12,14-17H2,1-3H3,(H2,24,25,26). The Morgan fingerprint density at radius 3 is 2.70 bits per heavy atom. The second-order valence-electron chi connectivity index (χ2n) is 7.97. The summed E-state index contributed by atoms with van der Waals surface area (Å²) in [4.78, 5) is 22.3. The van der Waals surface area contributed by atoms with Gasteiger partial charge in [0.15, 0.2) is 5.96 Å². The van der Waals surface area contributed by atoms with Crippen LogP contribution in [0.3, 0.4) is 0 Å². The maximum absolute atomic E-state index is 12.4. The Labute approximate surface area is 184 Å². The zero-order valence-electron chi connectivity index (χ0n) is 18.2. The summed E-state index contributed by atoms with van der Waals surface area (Å²) in [5.74, 6) is 1.36. The fraction of sp³-hybridized carbons (Fsp3) is 0.478. The predicted octanol–water partition coefficient (Wildman–Crippen LogP) is 2.61. The van der Waals surface area contributed by atoms with Gasteiger partial charge in [-0.05, 0) is 37.5 Å². The maximum Gasteiger partial charge on any atom is 0.223 e. The van der Waals surface area contributed by atoms with Crippen LogP contribution in [0.5, 0.6) is 0 Å². The van der Waals surface area contributed by atoms with Gasteiger partial charge in [-0.15, -0.1) is 11.3 Å². The molecule has 0 bridgehead atoms. The number of likely N-dealkylation sites (N-methyl/N-ethyl adjacent to an activating group) is 1. The van der Waals surface area contributed by atoms with E-state index in [0.29, 0.717) is 18.4 Å². The summed E-state index contributed by atoms with van der Waals surface area (Å²) in [5.41, 5.74) is 1.28. The molecule has 3 rings (SSSR count). The first-order chi connectivity index (χ1) is 14.6. The highest BCUT2D eigenvalue weighted by molar-refractivity contribution is 7.10. The van der Waals surface area contributed by atoms with Crippen LogP contribution in [0.1, 0.15) is 22.9 Å². The van der Waals surface area contributed by atoms with Gasteiger partial charge >= 0.3 is 0 Å². The molecule has 2 heterocycles. The number of guanidine groups is 1. The third-order valence-electron chi connectivity index (χ3n) is 5.55. The number of likely N-dealkylation sites (tertiary alicyclic amines) is 1. The fourth-order valence-corrected chi connectivity index (χ4v) is 4.71. The Bertz CT molecular complexity index is 806.